The van der Waals surface area contributed by atoms with Gasteiger partial charge >= 0.3 is 0 Å². The van der Waals surface area contributed by atoms with Crippen LogP contribution in [0.3, 0.4) is 0 Å². The second-order valence-corrected chi connectivity index (χ2v) is 9.84. The van der Waals surface area contributed by atoms with Crippen LogP contribution in [0.25, 0.3) is 0 Å². The van der Waals surface area contributed by atoms with Gasteiger partial charge in [0.2, 0.25) is 17.7 Å². The van der Waals surface area contributed by atoms with Gasteiger partial charge in [0.1, 0.15) is 0 Å². The Labute approximate surface area is 201 Å². The number of anilines is 2. The second-order valence-electron chi connectivity index (χ2n) is 9.84. The highest BCUT2D eigenvalue weighted by Gasteiger charge is 2.42. The third kappa shape index (κ3) is 4.59. The SMILES string of the molecule is O=C(Nc1ccccc1)C1CCCN(C(=O)C2CCCCC2C(=O)N2CCc3ccccc32)C1. The van der Waals surface area contributed by atoms with Gasteiger partial charge in [0, 0.05) is 36.9 Å². The van der Waals surface area contributed by atoms with Crippen molar-refractivity contribution in [2.45, 2.75) is 44.9 Å². The average molecular weight is 460 g/mol. The Morgan fingerprint density at radius 1 is 0.765 bits per heavy atom. The Kier molecular flexibility index (Phi) is 6.66. The molecular formula is C28H33N3O3. The Hall–Kier alpha value is -3.15. The monoisotopic (exact) mass is 459 g/mol. The van der Waals surface area contributed by atoms with Gasteiger partial charge in [-0.25, -0.2) is 0 Å². The third-order valence-corrected chi connectivity index (χ3v) is 7.70. The van der Waals surface area contributed by atoms with Crippen LogP contribution in [0.5, 0.6) is 0 Å². The van der Waals surface area contributed by atoms with Gasteiger partial charge < -0.3 is 15.1 Å². The zero-order valence-electron chi connectivity index (χ0n) is 19.6. The van der Waals surface area contributed by atoms with E-state index >= 15 is 0 Å². The summed E-state index contributed by atoms with van der Waals surface area (Å²) in [5, 5.41) is 2.99. The predicted octanol–water partition coefficient (Wildman–Crippen LogP) is 4.26. The smallest absolute Gasteiger partial charge is 0.230 e. The number of carbonyl (C=O) groups is 3. The highest BCUT2D eigenvalue weighted by molar-refractivity contribution is 6.00. The summed E-state index contributed by atoms with van der Waals surface area (Å²) in [4.78, 5) is 43.9. The molecule has 3 atom stereocenters. The van der Waals surface area contributed by atoms with Gasteiger partial charge in [-0.3, -0.25) is 14.4 Å². The standard InChI is InChI=1S/C28H33N3O3/c32-26(29-22-11-2-1-3-12-22)21-10-8-17-30(19-21)27(33)23-13-5-6-14-24(23)28(34)31-18-16-20-9-4-7-15-25(20)31/h1-4,7,9,11-12,15,21,23-24H,5-6,8,10,13-14,16-19H2,(H,29,32). The van der Waals surface area contributed by atoms with Gasteiger partial charge in [-0.05, 0) is 55.9 Å². The summed E-state index contributed by atoms with van der Waals surface area (Å²) in [6.07, 6.45) is 5.93. The van der Waals surface area contributed by atoms with Crippen molar-refractivity contribution in [1.82, 2.24) is 4.90 Å². The Bertz CT molecular complexity index is 1050. The van der Waals surface area contributed by atoms with Crippen molar-refractivity contribution in [3.8, 4) is 0 Å². The molecule has 1 aliphatic carbocycles. The molecule has 1 saturated carbocycles. The number of rotatable bonds is 4. The van der Waals surface area contributed by atoms with E-state index in [4.69, 9.17) is 0 Å². The number of amides is 3. The highest BCUT2D eigenvalue weighted by Crippen LogP contribution is 2.37. The van der Waals surface area contributed by atoms with Gasteiger partial charge in [0.15, 0.2) is 0 Å². The number of benzene rings is 2. The summed E-state index contributed by atoms with van der Waals surface area (Å²) in [5.41, 5.74) is 2.98. The maximum atomic E-state index is 13.7. The molecule has 5 rings (SSSR count). The van der Waals surface area contributed by atoms with E-state index in [1.54, 1.807) is 0 Å². The number of para-hydroxylation sites is 2. The fourth-order valence-electron chi connectivity index (χ4n) is 5.88. The van der Waals surface area contributed by atoms with Crippen LogP contribution in [-0.2, 0) is 20.8 Å². The van der Waals surface area contributed by atoms with Crippen molar-refractivity contribution in [3.05, 3.63) is 60.2 Å². The fourth-order valence-corrected chi connectivity index (χ4v) is 5.88. The molecule has 34 heavy (non-hydrogen) atoms. The molecule has 178 valence electrons. The normalized spacial score (nSPS) is 24.4. The van der Waals surface area contributed by atoms with E-state index in [0.29, 0.717) is 19.6 Å². The van der Waals surface area contributed by atoms with Crippen molar-refractivity contribution in [2.75, 3.05) is 29.9 Å². The summed E-state index contributed by atoms with van der Waals surface area (Å²) >= 11 is 0. The van der Waals surface area contributed by atoms with Gasteiger partial charge in [-0.15, -0.1) is 0 Å². The van der Waals surface area contributed by atoms with Crippen LogP contribution >= 0.6 is 0 Å². The van der Waals surface area contributed by atoms with Crippen molar-refractivity contribution in [2.24, 2.45) is 17.8 Å². The zero-order valence-corrected chi connectivity index (χ0v) is 19.6. The first kappa shape index (κ1) is 22.6. The molecule has 1 N–H and O–H groups in total. The van der Waals surface area contributed by atoms with E-state index in [1.807, 2.05) is 58.3 Å². The maximum Gasteiger partial charge on any atom is 0.230 e. The molecule has 2 aromatic rings. The molecule has 0 bridgehead atoms. The second kappa shape index (κ2) is 10.00. The minimum Gasteiger partial charge on any atom is -0.342 e. The first-order valence-corrected chi connectivity index (χ1v) is 12.7. The average Bonchev–Trinajstić information content (AvgIpc) is 3.33. The number of likely N-dealkylation sites (tertiary alicyclic amines) is 1. The number of nitrogens with one attached hydrogen (secondary N) is 1. The zero-order chi connectivity index (χ0) is 23.5. The molecule has 0 radical (unpaired) electrons. The Balaban J connectivity index is 1.27. The topological polar surface area (TPSA) is 69.7 Å². The third-order valence-electron chi connectivity index (χ3n) is 7.70. The lowest BCUT2D eigenvalue weighted by Gasteiger charge is -2.38. The minimum absolute atomic E-state index is 0.0337. The molecule has 6 nitrogen and oxygen atoms in total. The summed E-state index contributed by atoms with van der Waals surface area (Å²) < 4.78 is 0. The lowest BCUT2D eigenvalue weighted by atomic mass is 9.77. The molecule has 3 amide bonds. The molecule has 3 unspecified atom stereocenters. The molecule has 0 aromatic heterocycles. The predicted molar refractivity (Wildman–Crippen MR) is 132 cm³/mol. The number of hydrogen-bond donors (Lipinski definition) is 1. The molecular weight excluding hydrogens is 426 g/mol. The number of piperidine rings is 1. The van der Waals surface area contributed by atoms with E-state index in [2.05, 4.69) is 11.4 Å². The number of hydrogen-bond acceptors (Lipinski definition) is 3. The Morgan fingerprint density at radius 2 is 1.47 bits per heavy atom. The van der Waals surface area contributed by atoms with Crippen LogP contribution in [0, 0.1) is 17.8 Å². The van der Waals surface area contributed by atoms with Crippen molar-refractivity contribution >= 4 is 29.1 Å². The van der Waals surface area contributed by atoms with E-state index < -0.39 is 0 Å². The summed E-state index contributed by atoms with van der Waals surface area (Å²) in [6.45, 7) is 1.79. The molecule has 0 spiro atoms. The van der Waals surface area contributed by atoms with E-state index in [-0.39, 0.29) is 35.5 Å². The van der Waals surface area contributed by atoms with E-state index in [1.165, 1.54) is 5.56 Å². The molecule has 2 heterocycles. The van der Waals surface area contributed by atoms with Gasteiger partial charge in [0.05, 0.1) is 11.8 Å². The van der Waals surface area contributed by atoms with Crippen LogP contribution in [0.2, 0.25) is 0 Å². The van der Waals surface area contributed by atoms with Crippen LogP contribution in [-0.4, -0.2) is 42.3 Å². The lowest BCUT2D eigenvalue weighted by molar-refractivity contribution is -0.145. The summed E-state index contributed by atoms with van der Waals surface area (Å²) in [5.74, 6) is -0.660. The number of carbonyl (C=O) groups excluding carboxylic acids is 3. The van der Waals surface area contributed by atoms with E-state index in [9.17, 15) is 14.4 Å². The number of fused-ring (bicyclic) bond motifs is 1. The van der Waals surface area contributed by atoms with Gasteiger partial charge in [-0.1, -0.05) is 49.2 Å². The van der Waals surface area contributed by atoms with Gasteiger partial charge in [0.25, 0.3) is 0 Å². The minimum atomic E-state index is -0.287. The Morgan fingerprint density at radius 3 is 2.26 bits per heavy atom. The lowest BCUT2D eigenvalue weighted by Crippen LogP contribution is -2.50. The van der Waals surface area contributed by atoms with Crippen molar-refractivity contribution in [3.63, 3.8) is 0 Å². The highest BCUT2D eigenvalue weighted by atomic mass is 16.2. The summed E-state index contributed by atoms with van der Waals surface area (Å²) in [6, 6.07) is 17.5. The van der Waals surface area contributed by atoms with Gasteiger partial charge in [-0.2, -0.15) is 0 Å². The first-order chi connectivity index (χ1) is 16.6. The van der Waals surface area contributed by atoms with Crippen molar-refractivity contribution < 1.29 is 14.4 Å². The van der Waals surface area contributed by atoms with Crippen molar-refractivity contribution in [1.29, 1.82) is 0 Å². The largest absolute Gasteiger partial charge is 0.342 e. The van der Waals surface area contributed by atoms with Crippen LogP contribution < -0.4 is 10.2 Å². The molecule has 6 heteroatoms. The van der Waals surface area contributed by atoms with E-state index in [0.717, 1.165) is 56.3 Å². The first-order valence-electron chi connectivity index (χ1n) is 12.7. The van der Waals surface area contributed by atoms with Crippen LogP contribution in [0.15, 0.2) is 54.6 Å². The van der Waals surface area contributed by atoms with Crippen LogP contribution in [0.4, 0.5) is 11.4 Å². The molecule has 3 aliphatic rings. The molecule has 1 saturated heterocycles. The molecule has 2 aliphatic heterocycles. The number of nitrogens with zero attached hydrogens (tertiary/aromatic N) is 2. The van der Waals surface area contributed by atoms with Crippen LogP contribution in [0.1, 0.15) is 44.1 Å². The quantitative estimate of drug-likeness (QED) is 0.743. The fraction of sp³-hybridized carbons (Fsp3) is 0.464. The summed E-state index contributed by atoms with van der Waals surface area (Å²) in [7, 11) is 0. The molecule has 2 aromatic carbocycles. The maximum absolute atomic E-state index is 13.7. The molecule has 2 fully saturated rings.